The highest BCUT2D eigenvalue weighted by Gasteiger charge is 2.34. The van der Waals surface area contributed by atoms with Gasteiger partial charge in [0.1, 0.15) is 5.82 Å². The summed E-state index contributed by atoms with van der Waals surface area (Å²) in [5.74, 6) is -1.08. The number of carbonyl (C=O) groups excluding carboxylic acids is 2. The van der Waals surface area contributed by atoms with Gasteiger partial charge in [-0.3, -0.25) is 9.59 Å². The fraction of sp³-hybridized carbons (Fsp3) is 0.263. The predicted octanol–water partition coefficient (Wildman–Crippen LogP) is 4.16. The van der Waals surface area contributed by atoms with Gasteiger partial charge in [-0.2, -0.15) is 0 Å². The van der Waals surface area contributed by atoms with Crippen LogP contribution in [-0.2, 0) is 16.0 Å². The zero-order valence-electron chi connectivity index (χ0n) is 13.8. The van der Waals surface area contributed by atoms with E-state index in [1.807, 2.05) is 0 Å². The van der Waals surface area contributed by atoms with E-state index in [0.717, 1.165) is 0 Å². The molecule has 1 saturated heterocycles. The number of hydrogen-bond donors (Lipinski definition) is 1. The summed E-state index contributed by atoms with van der Waals surface area (Å²) in [5.41, 5.74) is 1.09. The lowest BCUT2D eigenvalue weighted by molar-refractivity contribution is -0.128. The lowest BCUT2D eigenvalue weighted by Crippen LogP contribution is -2.30. The van der Waals surface area contributed by atoms with Crippen molar-refractivity contribution in [3.63, 3.8) is 0 Å². The molecule has 0 saturated carbocycles. The molecular weight excluding hydrogens is 378 g/mol. The maximum Gasteiger partial charge on any atom is 0.229 e. The number of rotatable bonds is 5. The van der Waals surface area contributed by atoms with Gasteiger partial charge in [0.15, 0.2) is 0 Å². The van der Waals surface area contributed by atoms with Gasteiger partial charge in [-0.15, -0.1) is 0 Å². The third-order valence-corrected chi connectivity index (χ3v) is 5.12. The predicted molar refractivity (Wildman–Crippen MR) is 99.9 cm³/mol. The Morgan fingerprint density at radius 1 is 1.19 bits per heavy atom. The Morgan fingerprint density at radius 2 is 1.96 bits per heavy atom. The maximum atomic E-state index is 13.7. The van der Waals surface area contributed by atoms with Gasteiger partial charge in [-0.1, -0.05) is 41.4 Å². The fourth-order valence-electron chi connectivity index (χ4n) is 2.94. The second-order valence-electron chi connectivity index (χ2n) is 6.20. The van der Waals surface area contributed by atoms with Crippen LogP contribution in [-0.4, -0.2) is 29.8 Å². The summed E-state index contributed by atoms with van der Waals surface area (Å²) in [5, 5.41) is 3.50. The molecule has 0 bridgehead atoms. The summed E-state index contributed by atoms with van der Waals surface area (Å²) in [6.45, 7) is 0.705. The summed E-state index contributed by atoms with van der Waals surface area (Å²) < 4.78 is 13.7. The Balaban J connectivity index is 1.57. The number of anilines is 1. The molecule has 1 atom stereocenters. The van der Waals surface area contributed by atoms with Crippen LogP contribution >= 0.6 is 23.2 Å². The molecule has 0 spiro atoms. The summed E-state index contributed by atoms with van der Waals surface area (Å²) in [6, 6.07) is 11.3. The van der Waals surface area contributed by atoms with Crippen LogP contribution in [0.3, 0.4) is 0 Å². The van der Waals surface area contributed by atoms with E-state index in [0.29, 0.717) is 40.8 Å². The highest BCUT2D eigenvalue weighted by Crippen LogP contribution is 2.26. The molecule has 7 heteroatoms. The zero-order chi connectivity index (χ0) is 18.7. The molecule has 4 nitrogen and oxygen atoms in total. The first kappa shape index (κ1) is 18.7. The van der Waals surface area contributed by atoms with E-state index in [-0.39, 0.29) is 24.1 Å². The van der Waals surface area contributed by atoms with E-state index in [1.54, 1.807) is 41.3 Å². The SMILES string of the molecule is O=C(Nc1ccc(Cl)c(Cl)c1)C1CC(=O)N(CCc2ccccc2F)C1. The van der Waals surface area contributed by atoms with Gasteiger partial charge >= 0.3 is 0 Å². The molecule has 3 rings (SSSR count). The van der Waals surface area contributed by atoms with Gasteiger partial charge in [-0.25, -0.2) is 4.39 Å². The Kier molecular flexibility index (Phi) is 5.79. The van der Waals surface area contributed by atoms with Gasteiger partial charge < -0.3 is 10.2 Å². The van der Waals surface area contributed by atoms with Gasteiger partial charge in [0.05, 0.1) is 16.0 Å². The molecule has 0 aliphatic carbocycles. The van der Waals surface area contributed by atoms with Crippen LogP contribution < -0.4 is 5.32 Å². The smallest absolute Gasteiger partial charge is 0.229 e. The first-order valence-corrected chi connectivity index (χ1v) is 8.96. The number of hydrogen-bond acceptors (Lipinski definition) is 2. The molecule has 1 unspecified atom stereocenters. The molecule has 26 heavy (non-hydrogen) atoms. The van der Waals surface area contributed by atoms with Gasteiger partial charge in [0.25, 0.3) is 0 Å². The molecule has 1 fully saturated rings. The van der Waals surface area contributed by atoms with E-state index in [1.165, 1.54) is 6.07 Å². The molecule has 0 aromatic heterocycles. The quantitative estimate of drug-likeness (QED) is 0.827. The summed E-state index contributed by atoms with van der Waals surface area (Å²) in [7, 11) is 0. The van der Waals surface area contributed by atoms with Crippen molar-refractivity contribution in [3.8, 4) is 0 Å². The Hall–Kier alpha value is -2.11. The minimum atomic E-state index is -0.447. The van der Waals surface area contributed by atoms with Crippen molar-refractivity contribution in [2.24, 2.45) is 5.92 Å². The third-order valence-electron chi connectivity index (χ3n) is 4.38. The molecule has 1 N–H and O–H groups in total. The third kappa shape index (κ3) is 4.34. The second-order valence-corrected chi connectivity index (χ2v) is 7.01. The van der Waals surface area contributed by atoms with Crippen LogP contribution in [0.25, 0.3) is 0 Å². The van der Waals surface area contributed by atoms with Crippen molar-refractivity contribution in [3.05, 3.63) is 63.9 Å². The molecule has 2 amide bonds. The fourth-order valence-corrected chi connectivity index (χ4v) is 3.24. The number of halogens is 3. The number of amides is 2. The number of nitrogens with zero attached hydrogens (tertiary/aromatic N) is 1. The normalized spacial score (nSPS) is 16.8. The summed E-state index contributed by atoms with van der Waals surface area (Å²) >= 11 is 11.8. The number of carbonyl (C=O) groups is 2. The number of nitrogens with one attached hydrogen (secondary N) is 1. The standard InChI is InChI=1S/C19H17Cl2FN2O2/c20-15-6-5-14(10-16(15)21)23-19(26)13-9-18(25)24(11-13)8-7-12-3-1-2-4-17(12)22/h1-6,10,13H,7-9,11H2,(H,23,26). The molecule has 2 aromatic rings. The Labute approximate surface area is 160 Å². The van der Waals surface area contributed by atoms with Gasteiger partial charge in [0.2, 0.25) is 11.8 Å². The number of likely N-dealkylation sites (tertiary alicyclic amines) is 1. The monoisotopic (exact) mass is 394 g/mol. The van der Waals surface area contributed by atoms with Crippen LogP contribution in [0.4, 0.5) is 10.1 Å². The minimum absolute atomic E-state index is 0.101. The van der Waals surface area contributed by atoms with Crippen molar-refractivity contribution in [2.75, 3.05) is 18.4 Å². The van der Waals surface area contributed by atoms with Crippen LogP contribution in [0.2, 0.25) is 10.0 Å². The van der Waals surface area contributed by atoms with E-state index in [2.05, 4.69) is 5.32 Å². The van der Waals surface area contributed by atoms with Crippen molar-refractivity contribution in [1.29, 1.82) is 0 Å². The summed E-state index contributed by atoms with van der Waals surface area (Å²) in [6.07, 6.45) is 0.559. The van der Waals surface area contributed by atoms with Crippen molar-refractivity contribution in [2.45, 2.75) is 12.8 Å². The molecule has 1 heterocycles. The lowest BCUT2D eigenvalue weighted by Gasteiger charge is -2.17. The Bertz CT molecular complexity index is 844. The average Bonchev–Trinajstić information content (AvgIpc) is 2.98. The molecule has 1 aliphatic rings. The van der Waals surface area contributed by atoms with E-state index in [4.69, 9.17) is 23.2 Å². The largest absolute Gasteiger partial charge is 0.342 e. The van der Waals surface area contributed by atoms with Crippen molar-refractivity contribution >= 4 is 40.7 Å². The summed E-state index contributed by atoms with van der Waals surface area (Å²) in [4.78, 5) is 26.2. The number of benzene rings is 2. The van der Waals surface area contributed by atoms with E-state index < -0.39 is 5.92 Å². The first-order chi connectivity index (χ1) is 12.4. The van der Waals surface area contributed by atoms with Crippen molar-refractivity contribution in [1.82, 2.24) is 4.90 Å². The average molecular weight is 395 g/mol. The first-order valence-electron chi connectivity index (χ1n) is 8.21. The van der Waals surface area contributed by atoms with Crippen LogP contribution in [0.5, 0.6) is 0 Å². The van der Waals surface area contributed by atoms with Crippen LogP contribution in [0.1, 0.15) is 12.0 Å². The highest BCUT2D eigenvalue weighted by atomic mass is 35.5. The minimum Gasteiger partial charge on any atom is -0.342 e. The lowest BCUT2D eigenvalue weighted by atomic mass is 10.1. The highest BCUT2D eigenvalue weighted by molar-refractivity contribution is 6.42. The topological polar surface area (TPSA) is 49.4 Å². The van der Waals surface area contributed by atoms with E-state index >= 15 is 0 Å². The van der Waals surface area contributed by atoms with Gasteiger partial charge in [-0.05, 0) is 36.2 Å². The zero-order valence-corrected chi connectivity index (χ0v) is 15.4. The van der Waals surface area contributed by atoms with Gasteiger partial charge in [0, 0.05) is 25.2 Å². The Morgan fingerprint density at radius 3 is 2.69 bits per heavy atom. The molecule has 136 valence electrons. The molecule has 0 radical (unpaired) electrons. The second kappa shape index (κ2) is 8.06. The molecule has 1 aliphatic heterocycles. The van der Waals surface area contributed by atoms with Crippen LogP contribution in [0, 0.1) is 11.7 Å². The molecule has 2 aromatic carbocycles. The van der Waals surface area contributed by atoms with E-state index in [9.17, 15) is 14.0 Å². The maximum absolute atomic E-state index is 13.7. The van der Waals surface area contributed by atoms with Crippen molar-refractivity contribution < 1.29 is 14.0 Å². The molecular formula is C19H17Cl2FN2O2. The van der Waals surface area contributed by atoms with Crippen LogP contribution in [0.15, 0.2) is 42.5 Å².